The molecule has 0 spiro atoms. The van der Waals surface area contributed by atoms with E-state index in [9.17, 15) is 0 Å². The minimum atomic E-state index is 0.287. The van der Waals surface area contributed by atoms with Crippen molar-refractivity contribution < 1.29 is 0 Å². The van der Waals surface area contributed by atoms with E-state index in [1.165, 1.54) is 55.6 Å². The van der Waals surface area contributed by atoms with Gasteiger partial charge in [0.2, 0.25) is 0 Å². The molecule has 1 aromatic rings. The normalized spacial score (nSPS) is 19.8. The number of rotatable bonds is 4. The summed E-state index contributed by atoms with van der Waals surface area (Å²) in [7, 11) is 0. The van der Waals surface area contributed by atoms with Crippen molar-refractivity contribution in [3.63, 3.8) is 0 Å². The average molecular weight is 220 g/mol. The van der Waals surface area contributed by atoms with E-state index in [1.807, 2.05) is 0 Å². The minimum Gasteiger partial charge on any atom is -0.349 e. The molecule has 16 heavy (non-hydrogen) atoms. The molecule has 0 aliphatic heterocycles. The van der Waals surface area contributed by atoms with E-state index in [2.05, 4.69) is 24.5 Å². The second-order valence-corrected chi connectivity index (χ2v) is 5.05. The molecule has 0 amide bonds. The third kappa shape index (κ3) is 2.17. The summed E-state index contributed by atoms with van der Waals surface area (Å²) >= 11 is 0. The van der Waals surface area contributed by atoms with Gasteiger partial charge in [0.25, 0.3) is 0 Å². The Bertz CT molecular complexity index is 352. The van der Waals surface area contributed by atoms with Crippen LogP contribution in [0.5, 0.6) is 0 Å². The summed E-state index contributed by atoms with van der Waals surface area (Å²) in [5, 5.41) is 0. The Kier molecular flexibility index (Phi) is 3.70. The van der Waals surface area contributed by atoms with Gasteiger partial charge in [-0.05, 0) is 44.2 Å². The van der Waals surface area contributed by atoms with Gasteiger partial charge in [-0.3, -0.25) is 0 Å². The van der Waals surface area contributed by atoms with E-state index < -0.39 is 0 Å². The van der Waals surface area contributed by atoms with Crippen LogP contribution in [0.1, 0.15) is 62.0 Å². The van der Waals surface area contributed by atoms with E-state index in [-0.39, 0.29) is 6.04 Å². The smallest absolute Gasteiger partial charge is 0.0313 e. The van der Waals surface area contributed by atoms with Crippen LogP contribution in [0, 0.1) is 6.92 Å². The van der Waals surface area contributed by atoms with Crippen LogP contribution in [-0.4, -0.2) is 4.57 Å². The number of unbranched alkanes of at least 4 members (excludes halogenated alkanes) is 2. The highest BCUT2D eigenvalue weighted by atomic mass is 15.0. The van der Waals surface area contributed by atoms with Crippen molar-refractivity contribution in [1.29, 1.82) is 0 Å². The van der Waals surface area contributed by atoms with E-state index in [0.29, 0.717) is 0 Å². The molecule has 90 valence electrons. The maximum atomic E-state index is 6.17. The maximum absolute atomic E-state index is 6.17. The van der Waals surface area contributed by atoms with Gasteiger partial charge in [-0.15, -0.1) is 0 Å². The molecule has 1 unspecified atom stereocenters. The van der Waals surface area contributed by atoms with Crippen molar-refractivity contribution in [1.82, 2.24) is 4.57 Å². The van der Waals surface area contributed by atoms with Crippen LogP contribution in [0.25, 0.3) is 0 Å². The lowest BCUT2D eigenvalue weighted by Crippen LogP contribution is -2.18. The second-order valence-electron chi connectivity index (χ2n) is 5.05. The highest BCUT2D eigenvalue weighted by molar-refractivity contribution is 5.32. The number of aromatic nitrogens is 1. The summed E-state index contributed by atoms with van der Waals surface area (Å²) in [6, 6.07) is 2.60. The Hall–Kier alpha value is -0.760. The first-order valence-electron chi connectivity index (χ1n) is 6.68. The number of fused-ring (bicyclic) bond motifs is 1. The monoisotopic (exact) mass is 220 g/mol. The molecule has 0 saturated carbocycles. The minimum absolute atomic E-state index is 0.287. The third-order valence-electron chi connectivity index (χ3n) is 3.76. The Balaban J connectivity index is 2.17. The van der Waals surface area contributed by atoms with Crippen LogP contribution >= 0.6 is 0 Å². The van der Waals surface area contributed by atoms with Gasteiger partial charge in [0.1, 0.15) is 0 Å². The van der Waals surface area contributed by atoms with Crippen molar-refractivity contribution in [2.24, 2.45) is 5.73 Å². The zero-order valence-corrected chi connectivity index (χ0v) is 10.6. The number of nitrogens with two attached hydrogens (primary N) is 1. The maximum Gasteiger partial charge on any atom is 0.0313 e. The predicted molar refractivity (Wildman–Crippen MR) is 68.6 cm³/mol. The molecule has 0 bridgehead atoms. The third-order valence-corrected chi connectivity index (χ3v) is 3.76. The standard InChI is InChI=1S/C14H24N2/c1-3-4-5-9-16-11(2)10-12-13(15)7-6-8-14(12)16/h10,13H,3-9,15H2,1-2H3. The van der Waals surface area contributed by atoms with Crippen molar-refractivity contribution in [3.05, 3.63) is 23.0 Å². The van der Waals surface area contributed by atoms with E-state index in [1.54, 1.807) is 0 Å². The molecule has 1 heterocycles. The highest BCUT2D eigenvalue weighted by Crippen LogP contribution is 2.30. The summed E-state index contributed by atoms with van der Waals surface area (Å²) < 4.78 is 2.50. The Morgan fingerprint density at radius 2 is 2.25 bits per heavy atom. The van der Waals surface area contributed by atoms with Gasteiger partial charge >= 0.3 is 0 Å². The molecule has 0 saturated heterocycles. The lowest BCUT2D eigenvalue weighted by molar-refractivity contribution is 0.521. The van der Waals surface area contributed by atoms with E-state index >= 15 is 0 Å². The van der Waals surface area contributed by atoms with Gasteiger partial charge in [-0.1, -0.05) is 19.8 Å². The first-order valence-corrected chi connectivity index (χ1v) is 6.68. The zero-order chi connectivity index (χ0) is 11.5. The molecular formula is C14H24N2. The first kappa shape index (κ1) is 11.7. The largest absolute Gasteiger partial charge is 0.349 e. The van der Waals surface area contributed by atoms with Crippen LogP contribution in [0.15, 0.2) is 6.07 Å². The molecular weight excluding hydrogens is 196 g/mol. The Morgan fingerprint density at radius 1 is 1.44 bits per heavy atom. The molecule has 2 N–H and O–H groups in total. The lowest BCUT2D eigenvalue weighted by Gasteiger charge is -2.21. The molecule has 2 rings (SSSR count). The summed E-state index contributed by atoms with van der Waals surface area (Å²) in [5.41, 5.74) is 10.5. The Labute approximate surface area is 98.8 Å². The summed E-state index contributed by atoms with van der Waals surface area (Å²) in [6.07, 6.45) is 7.56. The summed E-state index contributed by atoms with van der Waals surface area (Å²) in [6.45, 7) is 5.66. The second kappa shape index (κ2) is 5.05. The summed E-state index contributed by atoms with van der Waals surface area (Å²) in [4.78, 5) is 0. The summed E-state index contributed by atoms with van der Waals surface area (Å²) in [5.74, 6) is 0. The fourth-order valence-corrected chi connectivity index (χ4v) is 2.83. The molecule has 1 atom stereocenters. The molecule has 0 aromatic carbocycles. The molecule has 2 heteroatoms. The van der Waals surface area contributed by atoms with Crippen LogP contribution < -0.4 is 5.73 Å². The molecule has 0 radical (unpaired) electrons. The van der Waals surface area contributed by atoms with Gasteiger partial charge in [0.15, 0.2) is 0 Å². The van der Waals surface area contributed by atoms with Gasteiger partial charge in [0.05, 0.1) is 0 Å². The van der Waals surface area contributed by atoms with Gasteiger partial charge in [-0.2, -0.15) is 0 Å². The van der Waals surface area contributed by atoms with Gasteiger partial charge in [-0.25, -0.2) is 0 Å². The SMILES string of the molecule is CCCCCn1c(C)cc2c1CCCC2N. The molecule has 1 aliphatic rings. The van der Waals surface area contributed by atoms with Crippen LogP contribution in [0.4, 0.5) is 0 Å². The number of hydrogen-bond donors (Lipinski definition) is 1. The van der Waals surface area contributed by atoms with Crippen molar-refractivity contribution in [2.45, 2.75) is 65.0 Å². The molecule has 0 fully saturated rings. The molecule has 1 aromatic heterocycles. The van der Waals surface area contributed by atoms with Crippen LogP contribution in [0.3, 0.4) is 0 Å². The first-order chi connectivity index (χ1) is 7.74. The van der Waals surface area contributed by atoms with E-state index in [4.69, 9.17) is 5.73 Å². The topological polar surface area (TPSA) is 30.9 Å². The Morgan fingerprint density at radius 3 is 3.00 bits per heavy atom. The number of nitrogens with zero attached hydrogens (tertiary/aromatic N) is 1. The fraction of sp³-hybridized carbons (Fsp3) is 0.714. The predicted octanol–water partition coefficient (Wildman–Crippen LogP) is 3.32. The van der Waals surface area contributed by atoms with Crippen molar-refractivity contribution >= 4 is 0 Å². The number of hydrogen-bond acceptors (Lipinski definition) is 1. The van der Waals surface area contributed by atoms with Crippen molar-refractivity contribution in [2.75, 3.05) is 0 Å². The van der Waals surface area contributed by atoms with Gasteiger partial charge < -0.3 is 10.3 Å². The van der Waals surface area contributed by atoms with Crippen LogP contribution in [-0.2, 0) is 13.0 Å². The molecule has 2 nitrogen and oxygen atoms in total. The quantitative estimate of drug-likeness (QED) is 0.775. The average Bonchev–Trinajstić information content (AvgIpc) is 2.58. The van der Waals surface area contributed by atoms with Crippen LogP contribution in [0.2, 0.25) is 0 Å². The lowest BCUT2D eigenvalue weighted by atomic mass is 9.93. The van der Waals surface area contributed by atoms with E-state index in [0.717, 1.165) is 6.42 Å². The van der Waals surface area contributed by atoms with Gasteiger partial charge in [0, 0.05) is 24.0 Å². The van der Waals surface area contributed by atoms with Crippen molar-refractivity contribution in [3.8, 4) is 0 Å². The highest BCUT2D eigenvalue weighted by Gasteiger charge is 2.21. The zero-order valence-electron chi connectivity index (χ0n) is 10.6. The fourth-order valence-electron chi connectivity index (χ4n) is 2.83. The number of aryl methyl sites for hydroxylation is 1. The molecule has 1 aliphatic carbocycles.